The summed E-state index contributed by atoms with van der Waals surface area (Å²) in [4.78, 5) is 22.1. The van der Waals surface area contributed by atoms with Crippen LogP contribution >= 0.6 is 0 Å². The number of carbonyl (C=O) groups is 2. The molecule has 10 heteroatoms. The lowest BCUT2D eigenvalue weighted by molar-refractivity contribution is 0.0595. The molecule has 0 spiro atoms. The molecule has 0 radical (unpaired) electrons. The lowest BCUT2D eigenvalue weighted by Gasteiger charge is -2.09. The Morgan fingerprint density at radius 2 is 1.09 bits per heavy atom. The highest BCUT2D eigenvalue weighted by molar-refractivity contribution is 5.93. The van der Waals surface area contributed by atoms with E-state index >= 15 is 0 Å². The number of benzene rings is 3. The van der Waals surface area contributed by atoms with Crippen molar-refractivity contribution in [2.24, 2.45) is 0 Å². The van der Waals surface area contributed by atoms with Gasteiger partial charge in [0.15, 0.2) is 0 Å². The van der Waals surface area contributed by atoms with Gasteiger partial charge in [-0.3, -0.25) is 0 Å². The summed E-state index contributed by atoms with van der Waals surface area (Å²) in [5.41, 5.74) is 3.48. The van der Waals surface area contributed by atoms with E-state index in [2.05, 4.69) is 24.5 Å². The van der Waals surface area contributed by atoms with Crippen molar-refractivity contribution >= 4 is 11.9 Å². The maximum atomic E-state index is 11.4. The van der Waals surface area contributed by atoms with Crippen LogP contribution in [-0.2, 0) is 43.8 Å². The van der Waals surface area contributed by atoms with Gasteiger partial charge >= 0.3 is 11.9 Å². The number of carboxylic acid groups (broad SMARTS) is 1. The number of rotatable bonds is 11. The van der Waals surface area contributed by atoms with E-state index in [0.717, 1.165) is 17.5 Å². The molecule has 3 aromatic carbocycles. The van der Waals surface area contributed by atoms with Gasteiger partial charge in [-0.15, -0.1) is 19.7 Å². The number of methoxy groups -OCH3 is 1. The van der Waals surface area contributed by atoms with Crippen molar-refractivity contribution in [2.45, 2.75) is 39.1 Å². The number of carbonyl (C=O) groups excluding carboxylic acids is 1. The Morgan fingerprint density at radius 3 is 1.51 bits per heavy atom. The summed E-state index contributed by atoms with van der Waals surface area (Å²) in [6.07, 6.45) is 6.89. The number of esters is 1. The second kappa shape index (κ2) is 18.5. The predicted molar refractivity (Wildman–Crippen MR) is 162 cm³/mol. The van der Waals surface area contributed by atoms with Crippen molar-refractivity contribution < 1.29 is 50.1 Å². The molecule has 0 aliphatic heterocycles. The van der Waals surface area contributed by atoms with E-state index < -0.39 is 18.5 Å². The lowest BCUT2D eigenvalue weighted by Crippen LogP contribution is -2.04. The van der Waals surface area contributed by atoms with Gasteiger partial charge in [0.1, 0.15) is 28.4 Å². The van der Waals surface area contributed by atoms with Crippen LogP contribution in [0.4, 0.5) is 0 Å². The average molecular weight is 595 g/mol. The summed E-state index contributed by atoms with van der Waals surface area (Å²) in [5.74, 6) is -2.31. The standard InChI is InChI=1S/C12H14O4.C11H12O4.C10H12O2/c1-3-4-8-5-9(7-13)11(14)10(6-8)12(15)16-2;1-2-3-7-4-8(6-12)10(13)9(5-7)11(14)15;1-2-3-8-4-5-10(12)9(6-8)7-11/h3,5-6,13-14H,1,4,7H2,2H3;2,4-5,12-13H,1,3,6H2,(H,14,15);2,4-6,11-12H,1,3,7H2. The summed E-state index contributed by atoms with van der Waals surface area (Å²) >= 11 is 0. The first-order valence-electron chi connectivity index (χ1n) is 13.0. The number of aromatic hydroxyl groups is 3. The number of ether oxygens (including phenoxy) is 1. The molecule has 3 aromatic rings. The Hall–Kier alpha value is -4.90. The van der Waals surface area contributed by atoms with Crippen molar-refractivity contribution in [3.8, 4) is 17.2 Å². The maximum absolute atomic E-state index is 11.4. The minimum atomic E-state index is -1.21. The average Bonchev–Trinajstić information content (AvgIpc) is 3.00. The number of aromatic carboxylic acids is 1. The summed E-state index contributed by atoms with van der Waals surface area (Å²) < 4.78 is 4.54. The van der Waals surface area contributed by atoms with Gasteiger partial charge < -0.3 is 40.5 Å². The third-order valence-corrected chi connectivity index (χ3v) is 5.93. The van der Waals surface area contributed by atoms with Crippen LogP contribution in [0.5, 0.6) is 17.2 Å². The second-order valence-electron chi connectivity index (χ2n) is 9.01. The second-order valence-corrected chi connectivity index (χ2v) is 9.01. The zero-order chi connectivity index (χ0) is 32.5. The summed E-state index contributed by atoms with van der Waals surface area (Å²) in [6, 6.07) is 11.3. The molecule has 0 unspecified atom stereocenters. The Morgan fingerprint density at radius 1 is 0.674 bits per heavy atom. The number of carboxylic acids is 1. The fourth-order valence-electron chi connectivity index (χ4n) is 3.82. The SMILES string of the molecule is C=CCc1cc(CO)c(O)c(C(=O)O)c1.C=CCc1cc(CO)c(O)c(C(=O)OC)c1.C=CCc1ccc(O)c(CO)c1. The number of allylic oxidation sites excluding steroid dienone is 3. The van der Waals surface area contributed by atoms with E-state index in [4.69, 9.17) is 20.4 Å². The van der Waals surface area contributed by atoms with Crippen molar-refractivity contribution in [1.29, 1.82) is 0 Å². The van der Waals surface area contributed by atoms with Gasteiger partial charge in [-0.25, -0.2) is 9.59 Å². The number of hydrogen-bond acceptors (Lipinski definition) is 9. The highest BCUT2D eigenvalue weighted by Crippen LogP contribution is 2.27. The number of phenols is 3. The molecule has 7 N–H and O–H groups in total. The smallest absolute Gasteiger partial charge is 0.341 e. The summed E-state index contributed by atoms with van der Waals surface area (Å²) in [6.45, 7) is 9.88. The van der Waals surface area contributed by atoms with Crippen LogP contribution in [0, 0.1) is 0 Å². The fraction of sp³-hybridized carbons (Fsp3) is 0.212. The molecule has 230 valence electrons. The van der Waals surface area contributed by atoms with Crippen molar-refractivity contribution in [2.75, 3.05) is 7.11 Å². The predicted octanol–water partition coefficient (Wildman–Crippen LogP) is 4.32. The van der Waals surface area contributed by atoms with E-state index in [1.54, 1.807) is 42.5 Å². The van der Waals surface area contributed by atoms with Gasteiger partial charge in [-0.1, -0.05) is 24.3 Å². The minimum Gasteiger partial charge on any atom is -0.508 e. The molecule has 0 amide bonds. The molecule has 0 heterocycles. The number of aliphatic hydroxyl groups excluding tert-OH is 3. The summed E-state index contributed by atoms with van der Waals surface area (Å²) in [5, 5.41) is 64.0. The van der Waals surface area contributed by atoms with Crippen LogP contribution in [0.2, 0.25) is 0 Å². The number of hydrogen-bond donors (Lipinski definition) is 7. The van der Waals surface area contributed by atoms with Gasteiger partial charge in [0, 0.05) is 16.7 Å². The maximum Gasteiger partial charge on any atom is 0.341 e. The molecule has 0 fully saturated rings. The Labute approximate surface area is 250 Å². The van der Waals surface area contributed by atoms with Crippen LogP contribution in [0.1, 0.15) is 54.1 Å². The fourth-order valence-corrected chi connectivity index (χ4v) is 3.82. The first-order valence-corrected chi connectivity index (χ1v) is 13.0. The monoisotopic (exact) mass is 594 g/mol. The van der Waals surface area contributed by atoms with Crippen LogP contribution in [0.25, 0.3) is 0 Å². The molecule has 0 bridgehead atoms. The van der Waals surface area contributed by atoms with Crippen LogP contribution < -0.4 is 0 Å². The first kappa shape index (κ1) is 36.1. The molecule has 43 heavy (non-hydrogen) atoms. The molecule has 0 aliphatic rings. The van der Waals surface area contributed by atoms with E-state index in [9.17, 15) is 24.9 Å². The highest BCUT2D eigenvalue weighted by Gasteiger charge is 2.16. The molecule has 3 rings (SSSR count). The Bertz CT molecular complexity index is 1430. The zero-order valence-electron chi connectivity index (χ0n) is 24.0. The Balaban J connectivity index is 0.000000326. The van der Waals surface area contributed by atoms with E-state index in [1.807, 2.05) is 6.07 Å². The number of aliphatic hydroxyl groups is 3. The van der Waals surface area contributed by atoms with Crippen LogP contribution in [0.3, 0.4) is 0 Å². The van der Waals surface area contributed by atoms with Crippen molar-refractivity contribution in [1.82, 2.24) is 0 Å². The molecule has 0 saturated carbocycles. The Kier molecular flexibility index (Phi) is 15.6. The van der Waals surface area contributed by atoms with E-state index in [0.29, 0.717) is 29.5 Å². The third kappa shape index (κ3) is 10.8. The van der Waals surface area contributed by atoms with Gasteiger partial charge in [0.25, 0.3) is 0 Å². The third-order valence-electron chi connectivity index (χ3n) is 5.93. The molecule has 0 aromatic heterocycles. The van der Waals surface area contributed by atoms with E-state index in [1.165, 1.54) is 19.2 Å². The van der Waals surface area contributed by atoms with Gasteiger partial charge in [-0.2, -0.15) is 0 Å². The van der Waals surface area contributed by atoms with Crippen LogP contribution in [0.15, 0.2) is 80.4 Å². The topological polar surface area (TPSA) is 185 Å². The van der Waals surface area contributed by atoms with E-state index in [-0.39, 0.29) is 47.2 Å². The largest absolute Gasteiger partial charge is 0.508 e. The quantitative estimate of drug-likeness (QED) is 0.125. The van der Waals surface area contributed by atoms with Gasteiger partial charge in [0.2, 0.25) is 0 Å². The first-order chi connectivity index (χ1) is 20.5. The molecule has 0 atom stereocenters. The molecule has 10 nitrogen and oxygen atoms in total. The van der Waals surface area contributed by atoms with Gasteiger partial charge in [-0.05, 0) is 72.4 Å². The van der Waals surface area contributed by atoms with Crippen molar-refractivity contribution in [3.05, 3.63) is 125 Å². The highest BCUT2D eigenvalue weighted by atomic mass is 16.5. The van der Waals surface area contributed by atoms with Crippen LogP contribution in [-0.4, -0.2) is 54.8 Å². The zero-order valence-corrected chi connectivity index (χ0v) is 24.0. The molecule has 0 aliphatic carbocycles. The summed E-state index contributed by atoms with van der Waals surface area (Å²) in [7, 11) is 1.24. The van der Waals surface area contributed by atoms with Crippen molar-refractivity contribution in [3.63, 3.8) is 0 Å². The molecule has 0 saturated heterocycles. The van der Waals surface area contributed by atoms with Gasteiger partial charge in [0.05, 0.1) is 26.9 Å². The minimum absolute atomic E-state index is 0.0610. The molecular weight excluding hydrogens is 556 g/mol. The molecular formula is C33H38O10. The normalized spacial score (nSPS) is 9.86. The lowest BCUT2D eigenvalue weighted by atomic mass is 10.0.